The maximum atomic E-state index is 13.0. The van der Waals surface area contributed by atoms with E-state index in [2.05, 4.69) is 14.9 Å². The molecule has 1 aliphatic carbocycles. The molecule has 2 aromatic heterocycles. The molecule has 0 spiro atoms. The molecule has 2 aliphatic rings. The van der Waals surface area contributed by atoms with Gasteiger partial charge in [0.25, 0.3) is 5.91 Å². The average molecular weight is 413 g/mol. The van der Waals surface area contributed by atoms with E-state index in [0.717, 1.165) is 5.69 Å². The summed E-state index contributed by atoms with van der Waals surface area (Å²) in [7, 11) is 3.18. The van der Waals surface area contributed by atoms with Crippen LogP contribution in [0.25, 0.3) is 0 Å². The van der Waals surface area contributed by atoms with Crippen molar-refractivity contribution < 1.29 is 19.0 Å². The minimum atomic E-state index is -0.121. The van der Waals surface area contributed by atoms with Crippen LogP contribution in [0.3, 0.4) is 0 Å². The van der Waals surface area contributed by atoms with E-state index in [4.69, 9.17) is 19.9 Å². The summed E-state index contributed by atoms with van der Waals surface area (Å²) in [6, 6.07) is 3.36. The van der Waals surface area contributed by atoms with Gasteiger partial charge in [-0.05, 0) is 18.8 Å². The Balaban J connectivity index is 1.40. The van der Waals surface area contributed by atoms with Crippen molar-refractivity contribution >= 4 is 17.4 Å². The van der Waals surface area contributed by atoms with Gasteiger partial charge in [0.15, 0.2) is 11.5 Å². The molecule has 0 unspecified atom stereocenters. The fourth-order valence-corrected chi connectivity index (χ4v) is 3.46. The number of pyridine rings is 2. The molecule has 160 valence electrons. The zero-order valence-electron chi connectivity index (χ0n) is 17.3. The fourth-order valence-electron chi connectivity index (χ4n) is 3.46. The molecule has 0 bridgehead atoms. The highest BCUT2D eigenvalue weighted by Crippen LogP contribution is 2.33. The summed E-state index contributed by atoms with van der Waals surface area (Å²) in [5.74, 6) is 2.70. The second-order valence-corrected chi connectivity index (χ2v) is 7.54. The van der Waals surface area contributed by atoms with Gasteiger partial charge in [-0.1, -0.05) is 0 Å². The summed E-state index contributed by atoms with van der Waals surface area (Å²) >= 11 is 0. The van der Waals surface area contributed by atoms with Gasteiger partial charge in [0.05, 0.1) is 38.9 Å². The lowest BCUT2D eigenvalue weighted by Gasteiger charge is -2.36. The van der Waals surface area contributed by atoms with Gasteiger partial charge in [0, 0.05) is 38.3 Å². The molecule has 9 nitrogen and oxygen atoms in total. The Morgan fingerprint density at radius 1 is 1.03 bits per heavy atom. The van der Waals surface area contributed by atoms with Gasteiger partial charge in [0.1, 0.15) is 17.3 Å². The molecule has 1 aliphatic heterocycles. The molecule has 9 heteroatoms. The standard InChI is InChI=1S/C21H27N5O4/c1-28-17-10-20(22)24-11-16(17)25-5-7-26(8-6-25)21(27)15-9-18(29-2)19(12-23-15)30-13-14-3-4-14/h9-12,14H,3-8,13H2,1-2H3,(H2,22,24). The number of carbonyl (C=O) groups is 1. The van der Waals surface area contributed by atoms with Crippen LogP contribution in [-0.2, 0) is 0 Å². The van der Waals surface area contributed by atoms with Crippen LogP contribution in [0, 0.1) is 5.92 Å². The molecule has 0 atom stereocenters. The van der Waals surface area contributed by atoms with E-state index in [9.17, 15) is 4.79 Å². The number of amides is 1. The van der Waals surface area contributed by atoms with Crippen molar-refractivity contribution in [1.29, 1.82) is 0 Å². The molecule has 0 radical (unpaired) electrons. The first kappa shape index (κ1) is 20.1. The minimum absolute atomic E-state index is 0.121. The van der Waals surface area contributed by atoms with E-state index in [0.29, 0.717) is 67.5 Å². The van der Waals surface area contributed by atoms with Crippen LogP contribution in [0.15, 0.2) is 24.5 Å². The molecule has 4 rings (SSSR count). The summed E-state index contributed by atoms with van der Waals surface area (Å²) in [5.41, 5.74) is 6.96. The van der Waals surface area contributed by atoms with Gasteiger partial charge in [-0.3, -0.25) is 4.79 Å². The number of hydrogen-bond acceptors (Lipinski definition) is 8. The maximum absolute atomic E-state index is 13.0. The summed E-state index contributed by atoms with van der Waals surface area (Å²) in [6.07, 6.45) is 5.70. The summed E-state index contributed by atoms with van der Waals surface area (Å²) < 4.78 is 16.6. The van der Waals surface area contributed by atoms with E-state index >= 15 is 0 Å². The van der Waals surface area contributed by atoms with Crippen molar-refractivity contribution in [3.05, 3.63) is 30.2 Å². The second-order valence-electron chi connectivity index (χ2n) is 7.54. The third kappa shape index (κ3) is 4.34. The highest BCUT2D eigenvalue weighted by molar-refractivity contribution is 5.93. The van der Waals surface area contributed by atoms with Crippen LogP contribution >= 0.6 is 0 Å². The number of aromatic nitrogens is 2. The van der Waals surface area contributed by atoms with Gasteiger partial charge in [0.2, 0.25) is 0 Å². The minimum Gasteiger partial charge on any atom is -0.494 e. The first-order valence-electron chi connectivity index (χ1n) is 10.1. The number of nitrogen functional groups attached to an aromatic ring is 1. The number of piperazine rings is 1. The number of ether oxygens (including phenoxy) is 3. The van der Waals surface area contributed by atoms with Crippen LogP contribution in [0.5, 0.6) is 17.2 Å². The second kappa shape index (κ2) is 8.64. The number of hydrogen-bond donors (Lipinski definition) is 1. The normalized spacial score (nSPS) is 16.3. The van der Waals surface area contributed by atoms with E-state index in [-0.39, 0.29) is 5.91 Å². The van der Waals surface area contributed by atoms with E-state index < -0.39 is 0 Å². The first-order chi connectivity index (χ1) is 14.6. The predicted octanol–water partition coefficient (Wildman–Crippen LogP) is 1.83. The van der Waals surface area contributed by atoms with Crippen LogP contribution in [0.4, 0.5) is 11.5 Å². The van der Waals surface area contributed by atoms with Crippen LogP contribution in [0.2, 0.25) is 0 Å². The van der Waals surface area contributed by atoms with Crippen molar-refractivity contribution in [2.24, 2.45) is 5.92 Å². The van der Waals surface area contributed by atoms with Crippen molar-refractivity contribution in [3.63, 3.8) is 0 Å². The molecule has 0 aromatic carbocycles. The Bertz CT molecular complexity index is 910. The smallest absolute Gasteiger partial charge is 0.272 e. The van der Waals surface area contributed by atoms with Gasteiger partial charge >= 0.3 is 0 Å². The van der Waals surface area contributed by atoms with Gasteiger partial charge < -0.3 is 29.7 Å². The zero-order valence-corrected chi connectivity index (χ0v) is 17.3. The molecule has 2 aromatic rings. The predicted molar refractivity (Wildman–Crippen MR) is 112 cm³/mol. The molecule has 3 heterocycles. The Hall–Kier alpha value is -3.23. The summed E-state index contributed by atoms with van der Waals surface area (Å²) in [4.78, 5) is 25.4. The molecular formula is C21H27N5O4. The number of nitrogens with zero attached hydrogens (tertiary/aromatic N) is 4. The highest BCUT2D eigenvalue weighted by atomic mass is 16.5. The molecule has 2 fully saturated rings. The Labute approximate surface area is 175 Å². The lowest BCUT2D eigenvalue weighted by atomic mass is 10.2. The monoisotopic (exact) mass is 413 g/mol. The van der Waals surface area contributed by atoms with Crippen molar-refractivity contribution in [3.8, 4) is 17.2 Å². The highest BCUT2D eigenvalue weighted by Gasteiger charge is 2.26. The molecule has 1 saturated heterocycles. The van der Waals surface area contributed by atoms with Crippen molar-refractivity contribution in [2.45, 2.75) is 12.8 Å². The molecule has 1 saturated carbocycles. The van der Waals surface area contributed by atoms with E-state index in [1.54, 1.807) is 43.6 Å². The van der Waals surface area contributed by atoms with E-state index in [1.165, 1.54) is 12.8 Å². The quantitative estimate of drug-likeness (QED) is 0.733. The zero-order chi connectivity index (χ0) is 21.1. The number of carbonyl (C=O) groups excluding carboxylic acids is 1. The van der Waals surface area contributed by atoms with Gasteiger partial charge in [-0.2, -0.15) is 0 Å². The molecule has 30 heavy (non-hydrogen) atoms. The summed E-state index contributed by atoms with van der Waals surface area (Å²) in [6.45, 7) is 3.12. The fraction of sp³-hybridized carbons (Fsp3) is 0.476. The van der Waals surface area contributed by atoms with Crippen molar-refractivity contribution in [1.82, 2.24) is 14.9 Å². The maximum Gasteiger partial charge on any atom is 0.272 e. The molecule has 2 N–H and O–H groups in total. The summed E-state index contributed by atoms with van der Waals surface area (Å²) in [5, 5.41) is 0. The number of methoxy groups -OCH3 is 2. The van der Waals surface area contributed by atoms with Crippen LogP contribution in [0.1, 0.15) is 23.3 Å². The number of nitrogens with two attached hydrogens (primary N) is 1. The lowest BCUT2D eigenvalue weighted by molar-refractivity contribution is 0.0740. The lowest BCUT2D eigenvalue weighted by Crippen LogP contribution is -2.49. The first-order valence-corrected chi connectivity index (χ1v) is 10.1. The Kier molecular flexibility index (Phi) is 5.78. The average Bonchev–Trinajstić information content (AvgIpc) is 3.61. The largest absolute Gasteiger partial charge is 0.494 e. The van der Waals surface area contributed by atoms with Gasteiger partial charge in [-0.15, -0.1) is 0 Å². The third-order valence-electron chi connectivity index (χ3n) is 5.44. The van der Waals surface area contributed by atoms with Gasteiger partial charge in [-0.25, -0.2) is 9.97 Å². The SMILES string of the molecule is COc1cc(C(=O)N2CCN(c3cnc(N)cc3OC)CC2)ncc1OCC1CC1. The van der Waals surface area contributed by atoms with E-state index in [1.807, 2.05) is 0 Å². The number of anilines is 2. The van der Waals surface area contributed by atoms with Crippen molar-refractivity contribution in [2.75, 3.05) is 57.6 Å². The Morgan fingerprint density at radius 2 is 1.77 bits per heavy atom. The van der Waals surface area contributed by atoms with Crippen LogP contribution < -0.4 is 24.8 Å². The van der Waals surface area contributed by atoms with Crippen LogP contribution in [-0.4, -0.2) is 67.8 Å². The topological polar surface area (TPSA) is 103 Å². The third-order valence-corrected chi connectivity index (χ3v) is 5.44. The number of rotatable bonds is 7. The molecular weight excluding hydrogens is 386 g/mol. The Morgan fingerprint density at radius 3 is 2.43 bits per heavy atom. The molecule has 1 amide bonds.